The largest absolute Gasteiger partial charge is 0.381 e. The van der Waals surface area contributed by atoms with E-state index in [-0.39, 0.29) is 18.2 Å². The SMILES string of the molecule is N=C(/C=C(\N=C\c1cc(C2C=CC=CN2)cc(C2Nc3ccc4ccccc4c3C(c3ccccc3)N2)c1)c1ccccc1)c1ccccc1. The van der Waals surface area contributed by atoms with Crippen LogP contribution in [0.1, 0.15) is 57.2 Å². The molecule has 5 heteroatoms. The monoisotopic (exact) mass is 647 g/mol. The van der Waals surface area contributed by atoms with Crippen LogP contribution in [0.4, 0.5) is 5.69 Å². The second-order valence-electron chi connectivity index (χ2n) is 12.6. The van der Waals surface area contributed by atoms with E-state index in [1.807, 2.05) is 85.2 Å². The summed E-state index contributed by atoms with van der Waals surface area (Å²) in [5, 5.41) is 22.6. The topological polar surface area (TPSA) is 72.3 Å². The summed E-state index contributed by atoms with van der Waals surface area (Å²) in [6.07, 6.45) is 11.9. The molecule has 0 spiro atoms. The molecule has 8 rings (SSSR count). The molecule has 50 heavy (non-hydrogen) atoms. The Bertz CT molecular complexity index is 2270. The van der Waals surface area contributed by atoms with Crippen molar-refractivity contribution in [2.45, 2.75) is 18.2 Å². The highest BCUT2D eigenvalue weighted by Crippen LogP contribution is 2.41. The minimum atomic E-state index is -0.167. The van der Waals surface area contributed by atoms with Crippen molar-refractivity contribution in [2.24, 2.45) is 4.99 Å². The molecular weight excluding hydrogens is 611 g/mol. The second kappa shape index (κ2) is 14.0. The van der Waals surface area contributed by atoms with Crippen molar-refractivity contribution in [2.75, 3.05) is 5.32 Å². The molecule has 6 aromatic rings. The van der Waals surface area contributed by atoms with Gasteiger partial charge in [-0.1, -0.05) is 133 Å². The number of nitrogens with zero attached hydrogens (tertiary/aromatic N) is 1. The van der Waals surface area contributed by atoms with Gasteiger partial charge >= 0.3 is 0 Å². The molecule has 242 valence electrons. The summed E-state index contributed by atoms with van der Waals surface area (Å²) >= 11 is 0. The van der Waals surface area contributed by atoms with Gasteiger partial charge in [-0.15, -0.1) is 0 Å². The number of nitrogens with one attached hydrogen (secondary N) is 4. The lowest BCUT2D eigenvalue weighted by molar-refractivity contribution is 0.508. The molecule has 0 radical (unpaired) electrons. The standard InChI is InChI=1S/C45H37N5/c46-39(33-15-4-1-5-16-33)29-42(34-17-6-2-7-18-34)48-30-31-26-36(40-22-12-13-25-47-40)28-37(27-31)45-49-41-24-23-32-14-10-11-21-38(32)43(41)44(50-45)35-19-8-3-9-20-35/h1-30,40,44-47,49-50H/b42-29-,46-39?,48-30+. The van der Waals surface area contributed by atoms with Crippen LogP contribution in [0.2, 0.25) is 0 Å². The first-order chi connectivity index (χ1) is 24.7. The highest BCUT2D eigenvalue weighted by molar-refractivity contribution is 6.10. The van der Waals surface area contributed by atoms with Crippen molar-refractivity contribution in [3.8, 4) is 0 Å². The van der Waals surface area contributed by atoms with Gasteiger partial charge in [0.05, 0.1) is 23.5 Å². The van der Waals surface area contributed by atoms with E-state index in [4.69, 9.17) is 10.4 Å². The molecule has 3 atom stereocenters. The molecule has 0 saturated carbocycles. The molecule has 6 aromatic carbocycles. The Labute approximate surface area is 293 Å². The van der Waals surface area contributed by atoms with Crippen LogP contribution in [0, 0.1) is 5.41 Å². The van der Waals surface area contributed by atoms with Crippen molar-refractivity contribution >= 4 is 34.1 Å². The average molecular weight is 648 g/mol. The molecule has 0 fully saturated rings. The fourth-order valence-electron chi connectivity index (χ4n) is 6.83. The Kier molecular flexibility index (Phi) is 8.71. The zero-order chi connectivity index (χ0) is 33.7. The lowest BCUT2D eigenvalue weighted by Gasteiger charge is -2.36. The van der Waals surface area contributed by atoms with Crippen molar-refractivity contribution < 1.29 is 0 Å². The Hall–Kier alpha value is -6.30. The quantitative estimate of drug-likeness (QED) is 0.124. The van der Waals surface area contributed by atoms with Crippen LogP contribution in [0.5, 0.6) is 0 Å². The summed E-state index contributed by atoms with van der Waals surface area (Å²) < 4.78 is 0. The summed E-state index contributed by atoms with van der Waals surface area (Å²) in [4.78, 5) is 5.04. The number of aliphatic imine (C=N–C) groups is 1. The highest BCUT2D eigenvalue weighted by atomic mass is 15.2. The zero-order valence-corrected chi connectivity index (χ0v) is 27.5. The van der Waals surface area contributed by atoms with Crippen molar-refractivity contribution in [1.29, 1.82) is 5.41 Å². The summed E-state index contributed by atoms with van der Waals surface area (Å²) in [7, 11) is 0. The van der Waals surface area contributed by atoms with Gasteiger partial charge in [0.15, 0.2) is 0 Å². The van der Waals surface area contributed by atoms with E-state index in [0.717, 1.165) is 39.2 Å². The van der Waals surface area contributed by atoms with E-state index in [2.05, 4.69) is 113 Å². The molecule has 0 aliphatic carbocycles. The molecule has 0 bridgehead atoms. The third kappa shape index (κ3) is 6.55. The summed E-state index contributed by atoms with van der Waals surface area (Å²) in [5.41, 5.74) is 9.74. The predicted molar refractivity (Wildman–Crippen MR) is 208 cm³/mol. The molecule has 0 saturated heterocycles. The fraction of sp³-hybridized carbons (Fsp3) is 0.0667. The zero-order valence-electron chi connectivity index (χ0n) is 27.5. The number of dihydropyridines is 1. The van der Waals surface area contributed by atoms with E-state index in [9.17, 15) is 0 Å². The molecule has 3 unspecified atom stereocenters. The first kappa shape index (κ1) is 31.0. The van der Waals surface area contributed by atoms with E-state index in [1.54, 1.807) is 0 Å². The summed E-state index contributed by atoms with van der Waals surface area (Å²) in [6, 6.07) is 50.2. The van der Waals surface area contributed by atoms with E-state index in [1.165, 1.54) is 21.9 Å². The van der Waals surface area contributed by atoms with Crippen molar-refractivity contribution in [1.82, 2.24) is 10.6 Å². The van der Waals surface area contributed by atoms with Crippen LogP contribution in [-0.2, 0) is 0 Å². The first-order valence-corrected chi connectivity index (χ1v) is 17.0. The minimum absolute atomic E-state index is 0.0171. The molecular formula is C45H37N5. The predicted octanol–water partition coefficient (Wildman–Crippen LogP) is 9.89. The maximum atomic E-state index is 8.84. The van der Waals surface area contributed by atoms with Gasteiger partial charge in [-0.3, -0.25) is 10.3 Å². The van der Waals surface area contributed by atoms with Gasteiger partial charge in [0.1, 0.15) is 6.17 Å². The average Bonchev–Trinajstić information content (AvgIpc) is 3.20. The third-order valence-corrected chi connectivity index (χ3v) is 9.29. The van der Waals surface area contributed by atoms with Gasteiger partial charge in [-0.2, -0.15) is 0 Å². The van der Waals surface area contributed by atoms with Gasteiger partial charge in [-0.25, -0.2) is 0 Å². The Morgan fingerprint density at radius 3 is 2.12 bits per heavy atom. The maximum absolute atomic E-state index is 8.84. The Balaban J connectivity index is 1.21. The highest BCUT2D eigenvalue weighted by Gasteiger charge is 2.30. The fourth-order valence-corrected chi connectivity index (χ4v) is 6.83. The summed E-state index contributed by atoms with van der Waals surface area (Å²) in [6.45, 7) is 0. The van der Waals surface area contributed by atoms with Crippen LogP contribution in [0.15, 0.2) is 181 Å². The van der Waals surface area contributed by atoms with Crippen molar-refractivity contribution in [3.63, 3.8) is 0 Å². The van der Waals surface area contributed by atoms with Gasteiger partial charge in [0.2, 0.25) is 0 Å². The number of benzene rings is 6. The molecule has 0 aromatic heterocycles. The van der Waals surface area contributed by atoms with Crippen LogP contribution >= 0.6 is 0 Å². The number of anilines is 1. The van der Waals surface area contributed by atoms with Crippen LogP contribution < -0.4 is 16.0 Å². The van der Waals surface area contributed by atoms with Crippen LogP contribution in [-0.4, -0.2) is 11.9 Å². The molecule has 2 aliphatic heterocycles. The first-order valence-electron chi connectivity index (χ1n) is 17.0. The number of fused-ring (bicyclic) bond motifs is 3. The van der Waals surface area contributed by atoms with Gasteiger partial charge < -0.3 is 16.0 Å². The second-order valence-corrected chi connectivity index (χ2v) is 12.6. The smallest absolute Gasteiger partial charge is 0.104 e. The minimum Gasteiger partial charge on any atom is -0.381 e. The number of rotatable bonds is 8. The Morgan fingerprint density at radius 1 is 0.660 bits per heavy atom. The maximum Gasteiger partial charge on any atom is 0.104 e. The molecule has 2 heterocycles. The normalized spacial score (nSPS) is 18.4. The van der Waals surface area contributed by atoms with E-state index in [0.29, 0.717) is 5.71 Å². The number of hydrogen-bond donors (Lipinski definition) is 4. The van der Waals surface area contributed by atoms with Gasteiger partial charge in [-0.05, 0) is 81.2 Å². The van der Waals surface area contributed by atoms with Gasteiger partial charge in [0, 0.05) is 23.0 Å². The molecule has 5 nitrogen and oxygen atoms in total. The van der Waals surface area contributed by atoms with Crippen molar-refractivity contribution in [3.05, 3.63) is 215 Å². The molecule has 4 N–H and O–H groups in total. The Morgan fingerprint density at radius 2 is 1.36 bits per heavy atom. The lowest BCUT2D eigenvalue weighted by atomic mass is 9.89. The van der Waals surface area contributed by atoms with Gasteiger partial charge in [0.25, 0.3) is 0 Å². The number of allylic oxidation sites excluding steroid dienone is 3. The van der Waals surface area contributed by atoms with E-state index >= 15 is 0 Å². The lowest BCUT2D eigenvalue weighted by Crippen LogP contribution is -2.37. The summed E-state index contributed by atoms with van der Waals surface area (Å²) in [5.74, 6) is 0. The van der Waals surface area contributed by atoms with Crippen LogP contribution in [0.3, 0.4) is 0 Å². The third-order valence-electron chi connectivity index (χ3n) is 9.29. The van der Waals surface area contributed by atoms with Crippen LogP contribution in [0.25, 0.3) is 16.5 Å². The number of hydrogen-bond acceptors (Lipinski definition) is 5. The molecule has 2 aliphatic rings. The molecule has 0 amide bonds. The van der Waals surface area contributed by atoms with E-state index < -0.39 is 0 Å².